The monoisotopic (exact) mass is 183 g/mol. The Morgan fingerprint density at radius 2 is 2.31 bits per heavy atom. The Bertz CT molecular complexity index is 167. The van der Waals surface area contributed by atoms with Crippen molar-refractivity contribution in [2.45, 2.75) is 39.5 Å². The number of carbonyl (C=O) groups is 1. The fraction of sp³-hybridized carbons (Fsp3) is 0.909. The minimum atomic E-state index is 0.318. The Kier molecular flexibility index (Phi) is 4.43. The van der Waals surface area contributed by atoms with E-state index in [1.807, 2.05) is 0 Å². The first-order valence-electron chi connectivity index (χ1n) is 5.44. The molecule has 0 spiro atoms. The zero-order valence-electron chi connectivity index (χ0n) is 8.88. The summed E-state index contributed by atoms with van der Waals surface area (Å²) in [6.45, 7) is 7.33. The van der Waals surface area contributed by atoms with Gasteiger partial charge >= 0.3 is 0 Å². The van der Waals surface area contributed by atoms with Crippen molar-refractivity contribution < 1.29 is 4.79 Å². The summed E-state index contributed by atoms with van der Waals surface area (Å²) in [5.41, 5.74) is 0. The Labute approximate surface area is 81.3 Å². The molecule has 1 rings (SSSR count). The summed E-state index contributed by atoms with van der Waals surface area (Å²) in [5, 5.41) is 0. The maximum absolute atomic E-state index is 10.8. The summed E-state index contributed by atoms with van der Waals surface area (Å²) >= 11 is 0. The van der Waals surface area contributed by atoms with Gasteiger partial charge in [0.1, 0.15) is 5.78 Å². The minimum Gasteiger partial charge on any atom is -0.303 e. The van der Waals surface area contributed by atoms with Gasteiger partial charge in [0.25, 0.3) is 0 Å². The molecule has 0 saturated carbocycles. The van der Waals surface area contributed by atoms with Gasteiger partial charge in [-0.2, -0.15) is 0 Å². The van der Waals surface area contributed by atoms with Crippen molar-refractivity contribution in [1.29, 1.82) is 0 Å². The lowest BCUT2D eigenvalue weighted by molar-refractivity contribution is -0.117. The zero-order valence-corrected chi connectivity index (χ0v) is 8.88. The zero-order chi connectivity index (χ0) is 9.68. The molecule has 0 aromatic rings. The molecule has 2 nitrogen and oxygen atoms in total. The molecule has 0 radical (unpaired) electrons. The highest BCUT2D eigenvalue weighted by molar-refractivity contribution is 5.75. The Morgan fingerprint density at radius 3 is 2.92 bits per heavy atom. The van der Waals surface area contributed by atoms with Crippen LogP contribution in [0.1, 0.15) is 39.5 Å². The fourth-order valence-corrected chi connectivity index (χ4v) is 2.00. The number of nitrogens with zero attached hydrogens (tertiary/aromatic N) is 1. The van der Waals surface area contributed by atoms with E-state index in [4.69, 9.17) is 0 Å². The predicted octanol–water partition coefficient (Wildman–Crippen LogP) is 2.09. The maximum Gasteiger partial charge on any atom is 0.131 e. The second kappa shape index (κ2) is 5.38. The highest BCUT2D eigenvalue weighted by Gasteiger charge is 2.17. The van der Waals surface area contributed by atoms with Crippen LogP contribution < -0.4 is 0 Å². The van der Waals surface area contributed by atoms with Crippen LogP contribution in [0.2, 0.25) is 0 Å². The Hall–Kier alpha value is -0.370. The molecule has 1 aliphatic heterocycles. The highest BCUT2D eigenvalue weighted by atomic mass is 16.1. The molecule has 0 aromatic carbocycles. The molecule has 1 saturated heterocycles. The van der Waals surface area contributed by atoms with Crippen molar-refractivity contribution in [2.24, 2.45) is 5.92 Å². The SMILES string of the molecule is CC[C@@H]1CCCN(CCC(C)=O)C1. The number of piperidine rings is 1. The lowest BCUT2D eigenvalue weighted by Crippen LogP contribution is -2.36. The molecule has 1 heterocycles. The minimum absolute atomic E-state index is 0.318. The van der Waals surface area contributed by atoms with Gasteiger partial charge in [0, 0.05) is 19.5 Å². The number of hydrogen-bond donors (Lipinski definition) is 0. The van der Waals surface area contributed by atoms with Crippen LogP contribution in [0.4, 0.5) is 0 Å². The van der Waals surface area contributed by atoms with Gasteiger partial charge in [0.2, 0.25) is 0 Å². The summed E-state index contributed by atoms with van der Waals surface area (Å²) in [5.74, 6) is 1.19. The smallest absolute Gasteiger partial charge is 0.131 e. The molecule has 0 bridgehead atoms. The first kappa shape index (κ1) is 10.7. The van der Waals surface area contributed by atoms with Crippen molar-refractivity contribution in [3.63, 3.8) is 0 Å². The van der Waals surface area contributed by atoms with Gasteiger partial charge in [-0.25, -0.2) is 0 Å². The van der Waals surface area contributed by atoms with E-state index in [0.29, 0.717) is 5.78 Å². The van der Waals surface area contributed by atoms with Crippen molar-refractivity contribution in [3.8, 4) is 0 Å². The van der Waals surface area contributed by atoms with Crippen molar-refractivity contribution >= 4 is 5.78 Å². The molecule has 0 unspecified atom stereocenters. The summed E-state index contributed by atoms with van der Waals surface area (Å²) in [7, 11) is 0. The van der Waals surface area contributed by atoms with E-state index < -0.39 is 0 Å². The first-order chi connectivity index (χ1) is 6.22. The lowest BCUT2D eigenvalue weighted by Gasteiger charge is -2.31. The van der Waals surface area contributed by atoms with Crippen LogP contribution in [-0.2, 0) is 4.79 Å². The normalized spacial score (nSPS) is 24.6. The molecule has 0 aliphatic carbocycles. The number of likely N-dealkylation sites (tertiary alicyclic amines) is 1. The highest BCUT2D eigenvalue weighted by Crippen LogP contribution is 2.18. The first-order valence-corrected chi connectivity index (χ1v) is 5.44. The molecule has 2 heteroatoms. The topological polar surface area (TPSA) is 20.3 Å². The summed E-state index contributed by atoms with van der Waals surface area (Å²) < 4.78 is 0. The number of rotatable bonds is 4. The van der Waals surface area contributed by atoms with E-state index >= 15 is 0 Å². The molecule has 76 valence electrons. The quantitative estimate of drug-likeness (QED) is 0.665. The van der Waals surface area contributed by atoms with Gasteiger partial charge in [0.15, 0.2) is 0 Å². The maximum atomic E-state index is 10.8. The van der Waals surface area contributed by atoms with Crippen LogP contribution in [0.3, 0.4) is 0 Å². The predicted molar refractivity (Wildman–Crippen MR) is 54.8 cm³/mol. The van der Waals surface area contributed by atoms with Crippen LogP contribution in [0.5, 0.6) is 0 Å². The third-order valence-corrected chi connectivity index (χ3v) is 2.96. The van der Waals surface area contributed by atoms with Crippen LogP contribution in [0.15, 0.2) is 0 Å². The number of Topliss-reactive ketones (excluding diaryl/α,β-unsaturated/α-hetero) is 1. The third-order valence-electron chi connectivity index (χ3n) is 2.96. The molecule has 1 fully saturated rings. The average Bonchev–Trinajstić information content (AvgIpc) is 2.15. The number of carbonyl (C=O) groups excluding carboxylic acids is 1. The van der Waals surface area contributed by atoms with Crippen molar-refractivity contribution in [1.82, 2.24) is 4.90 Å². The van der Waals surface area contributed by atoms with Gasteiger partial charge in [-0.1, -0.05) is 13.3 Å². The lowest BCUT2D eigenvalue weighted by atomic mass is 9.95. The van der Waals surface area contributed by atoms with Gasteiger partial charge < -0.3 is 4.90 Å². The van der Waals surface area contributed by atoms with Gasteiger partial charge in [-0.15, -0.1) is 0 Å². The molecule has 13 heavy (non-hydrogen) atoms. The standard InChI is InChI=1S/C11H21NO/c1-3-11-5-4-7-12(9-11)8-6-10(2)13/h11H,3-9H2,1-2H3/t11-/m1/s1. The molecule has 1 atom stereocenters. The second-order valence-corrected chi connectivity index (χ2v) is 4.17. The molecular weight excluding hydrogens is 162 g/mol. The van der Waals surface area contributed by atoms with Crippen LogP contribution in [-0.4, -0.2) is 30.3 Å². The number of ketones is 1. The van der Waals surface area contributed by atoms with E-state index in [0.717, 1.165) is 18.9 Å². The molecule has 0 aromatic heterocycles. The van der Waals surface area contributed by atoms with Crippen LogP contribution in [0, 0.1) is 5.92 Å². The van der Waals surface area contributed by atoms with E-state index in [1.165, 1.54) is 32.4 Å². The van der Waals surface area contributed by atoms with Crippen LogP contribution >= 0.6 is 0 Å². The molecule has 1 aliphatic rings. The van der Waals surface area contributed by atoms with Crippen molar-refractivity contribution in [2.75, 3.05) is 19.6 Å². The van der Waals surface area contributed by atoms with Crippen LogP contribution in [0.25, 0.3) is 0 Å². The molecule has 0 amide bonds. The van der Waals surface area contributed by atoms with E-state index in [9.17, 15) is 4.79 Å². The Morgan fingerprint density at radius 1 is 1.54 bits per heavy atom. The molecular formula is C11H21NO. The van der Waals surface area contributed by atoms with Crippen molar-refractivity contribution in [3.05, 3.63) is 0 Å². The van der Waals surface area contributed by atoms with E-state index in [2.05, 4.69) is 11.8 Å². The largest absolute Gasteiger partial charge is 0.303 e. The van der Waals surface area contributed by atoms with Gasteiger partial charge in [-0.3, -0.25) is 4.79 Å². The molecule has 0 N–H and O–H groups in total. The summed E-state index contributed by atoms with van der Waals surface area (Å²) in [6.07, 6.45) is 4.72. The van der Waals surface area contributed by atoms with E-state index in [-0.39, 0.29) is 0 Å². The number of hydrogen-bond acceptors (Lipinski definition) is 2. The average molecular weight is 183 g/mol. The fourth-order valence-electron chi connectivity index (χ4n) is 2.00. The van der Waals surface area contributed by atoms with Gasteiger partial charge in [0.05, 0.1) is 0 Å². The second-order valence-electron chi connectivity index (χ2n) is 4.17. The summed E-state index contributed by atoms with van der Waals surface area (Å²) in [4.78, 5) is 13.3. The Balaban J connectivity index is 2.21. The summed E-state index contributed by atoms with van der Waals surface area (Å²) in [6, 6.07) is 0. The van der Waals surface area contributed by atoms with E-state index in [1.54, 1.807) is 6.92 Å². The third kappa shape index (κ3) is 3.90. The van der Waals surface area contributed by atoms with Gasteiger partial charge in [-0.05, 0) is 32.2 Å².